The summed E-state index contributed by atoms with van der Waals surface area (Å²) in [6, 6.07) is 0. The van der Waals surface area contributed by atoms with Gasteiger partial charge in [-0.2, -0.15) is 0 Å². The van der Waals surface area contributed by atoms with Gasteiger partial charge in [0.2, 0.25) is 0 Å². The van der Waals surface area contributed by atoms with Gasteiger partial charge in [0.1, 0.15) is 0 Å². The Morgan fingerprint density at radius 3 is 1.80 bits per heavy atom. The zero-order chi connectivity index (χ0) is 18.8. The third-order valence-electron chi connectivity index (χ3n) is 4.79. The molecule has 0 aromatic heterocycles. The van der Waals surface area contributed by atoms with E-state index in [4.69, 9.17) is 9.84 Å². The lowest BCUT2D eigenvalue weighted by Gasteiger charge is -2.14. The molecule has 1 N–H and O–H groups in total. The molecule has 0 saturated carbocycles. The van der Waals surface area contributed by atoms with E-state index in [0.717, 1.165) is 44.9 Å². The van der Waals surface area contributed by atoms with Crippen molar-refractivity contribution in [3.05, 3.63) is 0 Å². The maximum absolute atomic E-state index is 11.8. The van der Waals surface area contributed by atoms with E-state index in [2.05, 4.69) is 13.8 Å². The number of aliphatic carboxylic acids is 1. The van der Waals surface area contributed by atoms with Crippen LogP contribution >= 0.6 is 0 Å². The number of carboxylic acid groups (broad SMARTS) is 1. The van der Waals surface area contributed by atoms with Crippen molar-refractivity contribution in [2.45, 2.75) is 110 Å². The van der Waals surface area contributed by atoms with Crippen LogP contribution in [0.5, 0.6) is 0 Å². The lowest BCUT2D eigenvalue weighted by Crippen LogP contribution is -2.13. The molecule has 0 rings (SSSR count). The first-order valence-corrected chi connectivity index (χ1v) is 10.5. The van der Waals surface area contributed by atoms with E-state index in [0.29, 0.717) is 25.4 Å². The largest absolute Gasteiger partial charge is 0.481 e. The maximum atomic E-state index is 11.8. The summed E-state index contributed by atoms with van der Waals surface area (Å²) in [4.78, 5) is 22.1. The third-order valence-corrected chi connectivity index (χ3v) is 4.79. The van der Waals surface area contributed by atoms with Gasteiger partial charge >= 0.3 is 11.9 Å². The van der Waals surface area contributed by atoms with Crippen molar-refractivity contribution in [1.82, 2.24) is 0 Å². The van der Waals surface area contributed by atoms with Crippen molar-refractivity contribution in [2.75, 3.05) is 6.61 Å². The highest BCUT2D eigenvalue weighted by atomic mass is 16.5. The fourth-order valence-electron chi connectivity index (χ4n) is 2.96. The van der Waals surface area contributed by atoms with Crippen molar-refractivity contribution < 1.29 is 19.4 Å². The van der Waals surface area contributed by atoms with Crippen LogP contribution in [0.2, 0.25) is 0 Å². The summed E-state index contributed by atoms with van der Waals surface area (Å²) in [6.45, 7) is 4.95. The minimum Gasteiger partial charge on any atom is -0.481 e. The van der Waals surface area contributed by atoms with E-state index in [-0.39, 0.29) is 5.97 Å². The monoisotopic (exact) mass is 356 g/mol. The van der Waals surface area contributed by atoms with E-state index in [1.807, 2.05) is 0 Å². The average Bonchev–Trinajstić information content (AvgIpc) is 2.59. The van der Waals surface area contributed by atoms with Gasteiger partial charge in [-0.05, 0) is 25.2 Å². The second-order valence-electron chi connectivity index (χ2n) is 7.18. The number of hydrogen-bond donors (Lipinski definition) is 1. The second kappa shape index (κ2) is 17.8. The first kappa shape index (κ1) is 23.9. The third kappa shape index (κ3) is 17.6. The van der Waals surface area contributed by atoms with Crippen LogP contribution in [0.25, 0.3) is 0 Å². The van der Waals surface area contributed by atoms with Crippen LogP contribution < -0.4 is 0 Å². The molecular weight excluding hydrogens is 316 g/mol. The smallest absolute Gasteiger partial charge is 0.305 e. The van der Waals surface area contributed by atoms with E-state index in [1.54, 1.807) is 0 Å². The SMILES string of the molecule is CCCCC(CC)COC(=O)CCCCCCCCCCCC(=O)O. The number of unbranched alkanes of at least 4 members (excludes halogenated alkanes) is 9. The summed E-state index contributed by atoms with van der Waals surface area (Å²) in [5.74, 6) is -0.197. The van der Waals surface area contributed by atoms with Gasteiger partial charge in [-0.3, -0.25) is 9.59 Å². The number of carboxylic acids is 1. The van der Waals surface area contributed by atoms with Crippen molar-refractivity contribution in [3.63, 3.8) is 0 Å². The molecule has 1 atom stereocenters. The quantitative estimate of drug-likeness (QED) is 0.237. The van der Waals surface area contributed by atoms with Gasteiger partial charge in [0.25, 0.3) is 0 Å². The van der Waals surface area contributed by atoms with Crippen molar-refractivity contribution in [1.29, 1.82) is 0 Å². The van der Waals surface area contributed by atoms with Gasteiger partial charge in [-0.1, -0.05) is 78.1 Å². The van der Waals surface area contributed by atoms with E-state index in [1.165, 1.54) is 38.5 Å². The van der Waals surface area contributed by atoms with Gasteiger partial charge in [0.05, 0.1) is 6.61 Å². The molecule has 0 aromatic carbocycles. The molecule has 0 aliphatic rings. The highest BCUT2D eigenvalue weighted by molar-refractivity contribution is 5.69. The summed E-state index contributed by atoms with van der Waals surface area (Å²) in [7, 11) is 0. The average molecular weight is 357 g/mol. The number of hydrogen-bond acceptors (Lipinski definition) is 3. The van der Waals surface area contributed by atoms with Crippen LogP contribution in [-0.4, -0.2) is 23.7 Å². The Bertz CT molecular complexity index is 328. The fourth-order valence-corrected chi connectivity index (χ4v) is 2.96. The van der Waals surface area contributed by atoms with E-state index in [9.17, 15) is 9.59 Å². The number of carbonyl (C=O) groups excluding carboxylic acids is 1. The number of carbonyl (C=O) groups is 2. The first-order valence-electron chi connectivity index (χ1n) is 10.5. The predicted molar refractivity (Wildman–Crippen MR) is 103 cm³/mol. The summed E-state index contributed by atoms with van der Waals surface area (Å²) < 4.78 is 5.41. The van der Waals surface area contributed by atoms with Gasteiger partial charge in [0, 0.05) is 12.8 Å². The molecule has 0 amide bonds. The molecule has 0 saturated heterocycles. The highest BCUT2D eigenvalue weighted by Crippen LogP contribution is 2.14. The molecule has 1 unspecified atom stereocenters. The van der Waals surface area contributed by atoms with Crippen LogP contribution in [0.4, 0.5) is 0 Å². The lowest BCUT2D eigenvalue weighted by atomic mass is 10.0. The molecule has 4 nitrogen and oxygen atoms in total. The molecule has 0 aromatic rings. The molecule has 148 valence electrons. The summed E-state index contributed by atoms with van der Waals surface area (Å²) >= 11 is 0. The summed E-state index contributed by atoms with van der Waals surface area (Å²) in [5, 5.41) is 8.55. The molecule has 0 aliphatic heterocycles. The zero-order valence-electron chi connectivity index (χ0n) is 16.6. The predicted octanol–water partition coefficient (Wildman–Crippen LogP) is 6.12. The van der Waals surface area contributed by atoms with E-state index < -0.39 is 5.97 Å². The number of ether oxygens (including phenoxy) is 1. The van der Waals surface area contributed by atoms with Crippen LogP contribution in [0.15, 0.2) is 0 Å². The zero-order valence-corrected chi connectivity index (χ0v) is 16.6. The normalized spacial score (nSPS) is 12.1. The molecule has 25 heavy (non-hydrogen) atoms. The van der Waals surface area contributed by atoms with Crippen molar-refractivity contribution >= 4 is 11.9 Å². The molecule has 0 radical (unpaired) electrons. The Balaban J connectivity index is 3.35. The molecule has 4 heteroatoms. The molecule has 0 fully saturated rings. The van der Waals surface area contributed by atoms with Crippen LogP contribution in [0.3, 0.4) is 0 Å². The van der Waals surface area contributed by atoms with Gasteiger partial charge in [-0.25, -0.2) is 0 Å². The van der Waals surface area contributed by atoms with E-state index >= 15 is 0 Å². The van der Waals surface area contributed by atoms with Gasteiger partial charge in [-0.15, -0.1) is 0 Å². The Hall–Kier alpha value is -1.06. The highest BCUT2D eigenvalue weighted by Gasteiger charge is 2.09. The fraction of sp³-hybridized carbons (Fsp3) is 0.905. The molecule has 0 aliphatic carbocycles. The lowest BCUT2D eigenvalue weighted by molar-refractivity contribution is -0.145. The Labute approximate surface area is 154 Å². The molecular formula is C21H40O4. The van der Waals surface area contributed by atoms with Crippen molar-refractivity contribution in [2.24, 2.45) is 5.92 Å². The van der Waals surface area contributed by atoms with Gasteiger partial charge < -0.3 is 9.84 Å². The molecule has 0 spiro atoms. The Morgan fingerprint density at radius 1 is 0.800 bits per heavy atom. The second-order valence-corrected chi connectivity index (χ2v) is 7.18. The minimum absolute atomic E-state index is 0.0339. The van der Waals surface area contributed by atoms with Crippen LogP contribution in [0.1, 0.15) is 110 Å². The van der Waals surface area contributed by atoms with Gasteiger partial charge in [0.15, 0.2) is 0 Å². The number of rotatable bonds is 18. The minimum atomic E-state index is -0.690. The summed E-state index contributed by atoms with van der Waals surface area (Å²) in [5.41, 5.74) is 0. The molecule has 0 heterocycles. The Kier molecular flexibility index (Phi) is 17.0. The first-order chi connectivity index (χ1) is 12.1. The van der Waals surface area contributed by atoms with Crippen molar-refractivity contribution in [3.8, 4) is 0 Å². The number of esters is 1. The molecule has 0 bridgehead atoms. The summed E-state index contributed by atoms with van der Waals surface area (Å²) in [6.07, 6.45) is 15.3. The van der Waals surface area contributed by atoms with Crippen LogP contribution in [0, 0.1) is 5.92 Å². The maximum Gasteiger partial charge on any atom is 0.305 e. The van der Waals surface area contributed by atoms with Crippen LogP contribution in [-0.2, 0) is 14.3 Å². The Morgan fingerprint density at radius 2 is 1.32 bits per heavy atom. The standard InChI is InChI=1S/C21H40O4/c1-3-5-15-19(4-2)18-25-21(24)17-14-12-10-8-6-7-9-11-13-16-20(22)23/h19H,3-18H2,1-2H3,(H,22,23). The topological polar surface area (TPSA) is 63.6 Å².